The summed E-state index contributed by atoms with van der Waals surface area (Å²) in [6.07, 6.45) is 2.07. The minimum absolute atomic E-state index is 0.905. The van der Waals surface area contributed by atoms with Crippen LogP contribution in [0.2, 0.25) is 0 Å². The molecule has 0 fully saturated rings. The Labute approximate surface area is 182 Å². The number of rotatable bonds is 6. The van der Waals surface area contributed by atoms with Gasteiger partial charge in [0.1, 0.15) is 11.9 Å². The number of hydrogen-bond donors (Lipinski definition) is 0. The van der Waals surface area contributed by atoms with Gasteiger partial charge in [-0.2, -0.15) is 0 Å². The van der Waals surface area contributed by atoms with Crippen molar-refractivity contribution in [3.8, 4) is 0 Å². The molecule has 7 heteroatoms. The Morgan fingerprint density at radius 2 is 1.80 bits per heavy atom. The second-order valence-corrected chi connectivity index (χ2v) is 8.11. The number of benzene rings is 2. The second-order valence-electron chi connectivity index (χ2n) is 6.90. The topological polar surface area (TPSA) is 72.0 Å². The molecule has 0 aliphatic rings. The molecule has 3 rings (SSSR count). The predicted molar refractivity (Wildman–Crippen MR) is 119 cm³/mol. The van der Waals surface area contributed by atoms with Gasteiger partial charge in [0.15, 0.2) is 0 Å². The molecule has 0 N–H and O–H groups in total. The number of aryl methyl sites for hydroxylation is 3. The Hall–Kier alpha value is -3.06. The summed E-state index contributed by atoms with van der Waals surface area (Å²) in [5.74, 6) is -1.08. The highest BCUT2D eigenvalue weighted by molar-refractivity contribution is 7.14. The van der Waals surface area contributed by atoms with E-state index in [1.807, 2.05) is 11.6 Å². The number of carbonyl (C=O) groups excluding carboxylic acids is 1. The van der Waals surface area contributed by atoms with E-state index in [0.717, 1.165) is 36.4 Å². The van der Waals surface area contributed by atoms with Crippen LogP contribution in [0.25, 0.3) is 0 Å². The SMILES string of the molecule is CC(=O)[O-].CCN(Cc1ccccc1)c1ccc(N=Nc2sc(C)c[n+]2C)c(C)c1. The van der Waals surface area contributed by atoms with Gasteiger partial charge in [0.05, 0.1) is 12.2 Å². The number of carboxylic acids is 1. The number of hydrogen-bond acceptors (Lipinski definition) is 6. The molecule has 30 heavy (non-hydrogen) atoms. The summed E-state index contributed by atoms with van der Waals surface area (Å²) in [4.78, 5) is 12.5. The molecule has 1 aromatic heterocycles. The van der Waals surface area contributed by atoms with Gasteiger partial charge in [-0.25, -0.2) is 4.57 Å². The van der Waals surface area contributed by atoms with Crippen LogP contribution in [0.1, 0.15) is 29.9 Å². The lowest BCUT2D eigenvalue weighted by atomic mass is 10.1. The molecular weight excluding hydrogens is 396 g/mol. The lowest BCUT2D eigenvalue weighted by Gasteiger charge is -2.23. The van der Waals surface area contributed by atoms with E-state index in [1.54, 1.807) is 11.3 Å². The first-order valence-electron chi connectivity index (χ1n) is 9.75. The molecule has 0 spiro atoms. The molecule has 2 aromatic carbocycles. The largest absolute Gasteiger partial charge is 0.550 e. The van der Waals surface area contributed by atoms with Gasteiger partial charge in [-0.1, -0.05) is 30.3 Å². The third-order valence-corrected chi connectivity index (χ3v) is 5.30. The summed E-state index contributed by atoms with van der Waals surface area (Å²) in [7, 11) is 2.00. The highest BCUT2D eigenvalue weighted by Crippen LogP contribution is 2.28. The number of anilines is 1. The Kier molecular flexibility index (Phi) is 8.68. The number of aliphatic carboxylic acids is 1. The fraction of sp³-hybridized carbons (Fsp3) is 0.304. The molecule has 3 aromatic rings. The van der Waals surface area contributed by atoms with E-state index in [1.165, 1.54) is 16.1 Å². The number of aromatic nitrogens is 1. The van der Waals surface area contributed by atoms with Crippen molar-refractivity contribution in [1.29, 1.82) is 0 Å². The van der Waals surface area contributed by atoms with Crippen molar-refractivity contribution >= 4 is 33.8 Å². The minimum atomic E-state index is -1.08. The van der Waals surface area contributed by atoms with Crippen LogP contribution in [0.3, 0.4) is 0 Å². The Balaban J connectivity index is 0.000000735. The molecule has 0 saturated carbocycles. The zero-order valence-corrected chi connectivity index (χ0v) is 18.9. The van der Waals surface area contributed by atoms with Gasteiger partial charge in [0, 0.05) is 29.6 Å². The van der Waals surface area contributed by atoms with E-state index in [-0.39, 0.29) is 0 Å². The van der Waals surface area contributed by atoms with Crippen molar-refractivity contribution in [2.75, 3.05) is 11.4 Å². The first-order chi connectivity index (χ1) is 14.3. The molecule has 158 valence electrons. The predicted octanol–water partition coefficient (Wildman–Crippen LogP) is 4.39. The van der Waals surface area contributed by atoms with Gasteiger partial charge in [-0.05, 0) is 73.5 Å². The van der Waals surface area contributed by atoms with Crippen molar-refractivity contribution < 1.29 is 14.5 Å². The van der Waals surface area contributed by atoms with Crippen LogP contribution in [0.4, 0.5) is 16.5 Å². The van der Waals surface area contributed by atoms with E-state index >= 15 is 0 Å². The molecule has 0 aliphatic carbocycles. The van der Waals surface area contributed by atoms with E-state index in [4.69, 9.17) is 9.90 Å². The molecule has 0 aliphatic heterocycles. The normalized spacial score (nSPS) is 10.6. The zero-order chi connectivity index (χ0) is 22.1. The summed E-state index contributed by atoms with van der Waals surface area (Å²) >= 11 is 1.65. The van der Waals surface area contributed by atoms with E-state index in [0.29, 0.717) is 0 Å². The summed E-state index contributed by atoms with van der Waals surface area (Å²) in [6, 6.07) is 17.0. The monoisotopic (exact) mass is 424 g/mol. The second kappa shape index (κ2) is 11.2. The number of nitrogens with zero attached hydrogens (tertiary/aromatic N) is 4. The standard InChI is InChI=1S/C21H25N4S.C2H4O2/c1-5-25(15-18-9-7-6-8-10-18)19-11-12-20(16(2)13-19)22-23-21-24(4)14-17(3)26-21;1-2(3)4/h6-14H,5,15H2,1-4H3;1H3,(H,3,4)/q+1;/p-1. The smallest absolute Gasteiger partial charge is 0.408 e. The van der Waals surface area contributed by atoms with Gasteiger partial charge in [-0.3, -0.25) is 0 Å². The highest BCUT2D eigenvalue weighted by Gasteiger charge is 2.12. The summed E-state index contributed by atoms with van der Waals surface area (Å²) < 4.78 is 2.01. The van der Waals surface area contributed by atoms with Crippen LogP contribution in [-0.4, -0.2) is 12.5 Å². The molecule has 0 radical (unpaired) electrons. The van der Waals surface area contributed by atoms with Crippen LogP contribution in [0.5, 0.6) is 0 Å². The summed E-state index contributed by atoms with van der Waals surface area (Å²) in [5.41, 5.74) is 4.57. The maximum absolute atomic E-state index is 8.89. The summed E-state index contributed by atoms with van der Waals surface area (Å²) in [5, 5.41) is 18.7. The Morgan fingerprint density at radius 1 is 1.13 bits per heavy atom. The third kappa shape index (κ3) is 7.08. The van der Waals surface area contributed by atoms with Gasteiger partial charge < -0.3 is 14.8 Å². The number of carbonyl (C=O) groups is 1. The lowest BCUT2D eigenvalue weighted by Crippen LogP contribution is -2.23. The highest BCUT2D eigenvalue weighted by atomic mass is 32.1. The molecular formula is C23H28N4O2S. The van der Waals surface area contributed by atoms with E-state index in [2.05, 4.69) is 90.6 Å². The first kappa shape index (κ1) is 23.2. The third-order valence-electron chi connectivity index (χ3n) is 4.32. The minimum Gasteiger partial charge on any atom is -0.550 e. The molecule has 0 atom stereocenters. The number of carboxylic acid groups (broad SMARTS) is 1. The van der Waals surface area contributed by atoms with Gasteiger partial charge in [0.25, 0.3) is 0 Å². The van der Waals surface area contributed by atoms with Gasteiger partial charge in [-0.15, -0.1) is 0 Å². The van der Waals surface area contributed by atoms with Crippen molar-refractivity contribution in [3.63, 3.8) is 0 Å². The fourth-order valence-electron chi connectivity index (χ4n) is 2.90. The number of thiazole rings is 1. The number of azo groups is 1. The van der Waals surface area contributed by atoms with Crippen molar-refractivity contribution in [2.24, 2.45) is 17.3 Å². The van der Waals surface area contributed by atoms with Crippen molar-refractivity contribution in [3.05, 3.63) is 70.7 Å². The quantitative estimate of drug-likeness (QED) is 0.435. The maximum atomic E-state index is 8.89. The molecule has 0 saturated heterocycles. The van der Waals surface area contributed by atoms with Crippen molar-refractivity contribution in [2.45, 2.75) is 34.2 Å². The van der Waals surface area contributed by atoms with Gasteiger partial charge >= 0.3 is 5.13 Å². The van der Waals surface area contributed by atoms with Crippen LogP contribution in [-0.2, 0) is 18.4 Å². The van der Waals surface area contributed by atoms with Crippen LogP contribution >= 0.6 is 11.3 Å². The molecule has 6 nitrogen and oxygen atoms in total. The fourth-order valence-corrected chi connectivity index (χ4v) is 3.67. The molecule has 0 bridgehead atoms. The lowest BCUT2D eigenvalue weighted by molar-refractivity contribution is -0.654. The van der Waals surface area contributed by atoms with Crippen LogP contribution < -0.4 is 14.6 Å². The van der Waals surface area contributed by atoms with Crippen molar-refractivity contribution in [1.82, 2.24) is 0 Å². The van der Waals surface area contributed by atoms with Crippen LogP contribution in [0, 0.1) is 13.8 Å². The van der Waals surface area contributed by atoms with E-state index in [9.17, 15) is 0 Å². The molecule has 0 amide bonds. The molecule has 1 heterocycles. The summed E-state index contributed by atoms with van der Waals surface area (Å²) in [6.45, 7) is 9.19. The average Bonchev–Trinajstić information content (AvgIpc) is 3.02. The Bertz CT molecular complexity index is 996. The molecule has 0 unspecified atom stereocenters. The maximum Gasteiger partial charge on any atom is 0.408 e. The Morgan fingerprint density at radius 3 is 2.33 bits per heavy atom. The average molecular weight is 425 g/mol. The van der Waals surface area contributed by atoms with Gasteiger partial charge in [0.2, 0.25) is 0 Å². The van der Waals surface area contributed by atoms with Crippen LogP contribution in [0.15, 0.2) is 65.0 Å². The first-order valence-corrected chi connectivity index (χ1v) is 10.6. The zero-order valence-electron chi connectivity index (χ0n) is 18.1. The van der Waals surface area contributed by atoms with E-state index < -0.39 is 5.97 Å².